The summed E-state index contributed by atoms with van der Waals surface area (Å²) in [4.78, 5) is 28.2. The van der Waals surface area contributed by atoms with Gasteiger partial charge in [-0.2, -0.15) is 5.10 Å². The second-order valence-electron chi connectivity index (χ2n) is 5.81. The molecule has 0 saturated heterocycles. The van der Waals surface area contributed by atoms with Crippen LogP contribution >= 0.6 is 0 Å². The summed E-state index contributed by atoms with van der Waals surface area (Å²) in [5, 5.41) is 10.5. The molecule has 3 rings (SSSR count). The number of pyridine rings is 1. The second-order valence-corrected chi connectivity index (χ2v) is 5.81. The number of fused-ring (bicyclic) bond motifs is 1. The predicted molar refractivity (Wildman–Crippen MR) is 91.3 cm³/mol. The van der Waals surface area contributed by atoms with Crippen molar-refractivity contribution in [3.8, 4) is 0 Å². The van der Waals surface area contributed by atoms with Crippen LogP contribution in [0.4, 0.5) is 0 Å². The average Bonchev–Trinajstić information content (AvgIpc) is 3.26. The third-order valence-corrected chi connectivity index (χ3v) is 3.63. The highest BCUT2D eigenvalue weighted by atomic mass is 16.3. The molecule has 130 valence electrons. The summed E-state index contributed by atoms with van der Waals surface area (Å²) in [7, 11) is 0. The van der Waals surface area contributed by atoms with Gasteiger partial charge in [0.2, 0.25) is 0 Å². The van der Waals surface area contributed by atoms with Crippen LogP contribution in [0.5, 0.6) is 0 Å². The number of furan rings is 1. The number of hydrogen-bond donors (Lipinski definition) is 2. The van der Waals surface area contributed by atoms with Crippen LogP contribution in [0.25, 0.3) is 11.0 Å². The Bertz CT molecular complexity index is 883. The lowest BCUT2D eigenvalue weighted by Crippen LogP contribution is -2.34. The van der Waals surface area contributed by atoms with E-state index in [1.54, 1.807) is 29.1 Å². The summed E-state index contributed by atoms with van der Waals surface area (Å²) in [6.07, 6.45) is 4.66. The minimum atomic E-state index is -0.316. The van der Waals surface area contributed by atoms with Gasteiger partial charge in [-0.3, -0.25) is 9.59 Å². The molecule has 0 aliphatic rings. The maximum absolute atomic E-state index is 12.2. The Balaban J connectivity index is 1.54. The zero-order valence-corrected chi connectivity index (χ0v) is 14.0. The van der Waals surface area contributed by atoms with E-state index in [1.165, 1.54) is 12.5 Å². The minimum absolute atomic E-state index is 0.197. The number of carbonyl (C=O) groups is 2. The Morgan fingerprint density at radius 2 is 1.96 bits per heavy atom. The molecule has 8 heteroatoms. The number of hydrogen-bond acceptors (Lipinski definition) is 5. The van der Waals surface area contributed by atoms with E-state index >= 15 is 0 Å². The Hall–Kier alpha value is -3.16. The first-order valence-corrected chi connectivity index (χ1v) is 7.99. The molecule has 0 aliphatic carbocycles. The molecule has 8 nitrogen and oxygen atoms in total. The van der Waals surface area contributed by atoms with Gasteiger partial charge in [0.1, 0.15) is 0 Å². The van der Waals surface area contributed by atoms with Crippen LogP contribution in [0.15, 0.2) is 41.3 Å². The maximum Gasteiger partial charge on any atom is 0.287 e. The van der Waals surface area contributed by atoms with E-state index in [4.69, 9.17) is 4.42 Å². The van der Waals surface area contributed by atoms with E-state index in [9.17, 15) is 9.59 Å². The zero-order chi connectivity index (χ0) is 17.8. The largest absolute Gasteiger partial charge is 0.459 e. The standard InChI is InChI=1S/C17H19N5O3/c1-11(2)22-15-12(10-21-22)8-13(9-20-15)16(23)18-5-6-19-17(24)14-4-3-7-25-14/h3-4,7-11H,5-6H2,1-2H3,(H,18,23)(H,19,24). The average molecular weight is 341 g/mol. The number of amides is 2. The first-order chi connectivity index (χ1) is 12.1. The van der Waals surface area contributed by atoms with Crippen molar-refractivity contribution in [2.24, 2.45) is 0 Å². The molecule has 2 amide bonds. The summed E-state index contributed by atoms with van der Waals surface area (Å²) in [5.41, 5.74) is 1.20. The smallest absolute Gasteiger partial charge is 0.287 e. The molecule has 3 aromatic heterocycles. The summed E-state index contributed by atoms with van der Waals surface area (Å²) in [5.74, 6) is -0.328. The highest BCUT2D eigenvalue weighted by Gasteiger charge is 2.12. The van der Waals surface area contributed by atoms with E-state index < -0.39 is 0 Å². The van der Waals surface area contributed by atoms with Crippen molar-refractivity contribution in [2.75, 3.05) is 13.1 Å². The number of carbonyl (C=O) groups excluding carboxylic acids is 2. The molecule has 0 bridgehead atoms. The molecular formula is C17H19N5O3. The first kappa shape index (κ1) is 16.7. The SMILES string of the molecule is CC(C)n1ncc2cc(C(=O)NCCNC(=O)c3ccco3)cnc21. The fourth-order valence-electron chi connectivity index (χ4n) is 2.39. The number of nitrogens with one attached hydrogen (secondary N) is 2. The lowest BCUT2D eigenvalue weighted by atomic mass is 10.2. The quantitative estimate of drug-likeness (QED) is 0.665. The number of rotatable bonds is 6. The van der Waals surface area contributed by atoms with Crippen molar-refractivity contribution in [1.29, 1.82) is 0 Å². The van der Waals surface area contributed by atoms with Crippen molar-refractivity contribution in [3.05, 3.63) is 48.2 Å². The van der Waals surface area contributed by atoms with Gasteiger partial charge in [0.05, 0.1) is 18.0 Å². The lowest BCUT2D eigenvalue weighted by Gasteiger charge is -2.08. The van der Waals surface area contributed by atoms with Crippen LogP contribution in [0.3, 0.4) is 0 Å². The Labute approximate surface area is 144 Å². The Kier molecular flexibility index (Phi) is 4.78. The molecule has 0 radical (unpaired) electrons. The maximum atomic E-state index is 12.2. The molecule has 0 atom stereocenters. The van der Waals surface area contributed by atoms with Crippen LogP contribution in [0.1, 0.15) is 40.8 Å². The fraction of sp³-hybridized carbons (Fsp3) is 0.294. The summed E-state index contributed by atoms with van der Waals surface area (Å²) < 4.78 is 6.79. The fourth-order valence-corrected chi connectivity index (χ4v) is 2.39. The van der Waals surface area contributed by atoms with Gasteiger partial charge < -0.3 is 15.1 Å². The zero-order valence-electron chi connectivity index (χ0n) is 14.0. The number of aromatic nitrogens is 3. The van der Waals surface area contributed by atoms with Gasteiger partial charge in [0, 0.05) is 30.7 Å². The second kappa shape index (κ2) is 7.16. The van der Waals surface area contributed by atoms with Crippen LogP contribution in [0.2, 0.25) is 0 Å². The lowest BCUT2D eigenvalue weighted by molar-refractivity contribution is 0.0910. The molecule has 25 heavy (non-hydrogen) atoms. The first-order valence-electron chi connectivity index (χ1n) is 7.99. The molecule has 3 heterocycles. The van der Waals surface area contributed by atoms with Crippen molar-refractivity contribution < 1.29 is 14.0 Å². The monoisotopic (exact) mass is 341 g/mol. The van der Waals surface area contributed by atoms with Crippen LogP contribution in [-0.2, 0) is 0 Å². The highest BCUT2D eigenvalue weighted by molar-refractivity contribution is 5.97. The molecular weight excluding hydrogens is 322 g/mol. The van der Waals surface area contributed by atoms with E-state index in [0.29, 0.717) is 18.7 Å². The topological polar surface area (TPSA) is 102 Å². The van der Waals surface area contributed by atoms with Gasteiger partial charge in [-0.1, -0.05) is 0 Å². The van der Waals surface area contributed by atoms with Crippen molar-refractivity contribution in [1.82, 2.24) is 25.4 Å². The van der Waals surface area contributed by atoms with Crippen LogP contribution in [-0.4, -0.2) is 39.7 Å². The van der Waals surface area contributed by atoms with Crippen LogP contribution in [0, 0.1) is 0 Å². The van der Waals surface area contributed by atoms with Gasteiger partial charge in [-0.15, -0.1) is 0 Å². The number of nitrogens with zero attached hydrogens (tertiary/aromatic N) is 3. The van der Waals surface area contributed by atoms with Crippen molar-refractivity contribution in [3.63, 3.8) is 0 Å². The molecule has 0 saturated carbocycles. The molecule has 2 N–H and O–H groups in total. The van der Waals surface area contributed by atoms with Gasteiger partial charge in [0.15, 0.2) is 11.4 Å². The van der Waals surface area contributed by atoms with E-state index in [-0.39, 0.29) is 23.6 Å². The molecule has 0 fully saturated rings. The van der Waals surface area contributed by atoms with Crippen molar-refractivity contribution in [2.45, 2.75) is 19.9 Å². The van der Waals surface area contributed by atoms with Gasteiger partial charge in [-0.25, -0.2) is 9.67 Å². The van der Waals surface area contributed by atoms with Gasteiger partial charge in [-0.05, 0) is 32.0 Å². The predicted octanol–water partition coefficient (Wildman–Crippen LogP) is 1.76. The highest BCUT2D eigenvalue weighted by Crippen LogP contribution is 2.16. The van der Waals surface area contributed by atoms with E-state index in [1.807, 2.05) is 13.8 Å². The summed E-state index contributed by atoms with van der Waals surface area (Å²) in [6.45, 7) is 4.64. The third kappa shape index (κ3) is 3.68. The molecule has 0 aromatic carbocycles. The summed E-state index contributed by atoms with van der Waals surface area (Å²) in [6, 6.07) is 5.17. The Morgan fingerprint density at radius 3 is 2.64 bits per heavy atom. The normalized spacial score (nSPS) is 11.0. The molecule has 0 unspecified atom stereocenters. The molecule has 3 aromatic rings. The molecule has 0 aliphatic heterocycles. The third-order valence-electron chi connectivity index (χ3n) is 3.63. The van der Waals surface area contributed by atoms with Gasteiger partial charge in [0.25, 0.3) is 11.8 Å². The van der Waals surface area contributed by atoms with E-state index in [2.05, 4.69) is 20.7 Å². The molecule has 0 spiro atoms. The summed E-state index contributed by atoms with van der Waals surface area (Å²) >= 11 is 0. The van der Waals surface area contributed by atoms with Crippen LogP contribution < -0.4 is 10.6 Å². The minimum Gasteiger partial charge on any atom is -0.459 e. The Morgan fingerprint density at radius 1 is 1.20 bits per heavy atom. The van der Waals surface area contributed by atoms with Gasteiger partial charge >= 0.3 is 0 Å². The van der Waals surface area contributed by atoms with Crippen molar-refractivity contribution >= 4 is 22.8 Å². The van der Waals surface area contributed by atoms with E-state index in [0.717, 1.165) is 11.0 Å².